The second-order valence-electron chi connectivity index (χ2n) is 1.25. The maximum Gasteiger partial charge on any atom is 0.519 e. The van der Waals surface area contributed by atoms with Crippen molar-refractivity contribution >= 4 is 12.3 Å². The third kappa shape index (κ3) is 4.72. The van der Waals surface area contributed by atoms with Gasteiger partial charge >= 0.3 is 12.3 Å². The second kappa shape index (κ2) is 5.05. The van der Waals surface area contributed by atoms with Gasteiger partial charge in [0.05, 0.1) is 7.11 Å². The molecule has 0 bridgehead atoms. The standard InChI is InChI=1S/C5H5NO5/c1-9-4(7)11-5(8)10-3-2-6/h3H2,1H3. The molecule has 0 saturated carbocycles. The molecule has 0 radical (unpaired) electrons. The molecule has 0 aliphatic rings. The summed E-state index contributed by atoms with van der Waals surface area (Å²) in [5.41, 5.74) is 0. The van der Waals surface area contributed by atoms with Crippen LogP contribution in [0, 0.1) is 11.3 Å². The number of nitrogens with zero attached hydrogens (tertiary/aromatic N) is 1. The van der Waals surface area contributed by atoms with Gasteiger partial charge in [-0.3, -0.25) is 0 Å². The topological polar surface area (TPSA) is 85.6 Å². The van der Waals surface area contributed by atoms with Crippen molar-refractivity contribution in [3.8, 4) is 6.07 Å². The molecule has 0 spiro atoms. The fourth-order valence-electron chi connectivity index (χ4n) is 0.230. The summed E-state index contributed by atoms with van der Waals surface area (Å²) in [5, 5.41) is 7.91. The minimum Gasteiger partial charge on any atom is -0.437 e. The quantitative estimate of drug-likeness (QED) is 0.407. The van der Waals surface area contributed by atoms with Gasteiger partial charge in [0.1, 0.15) is 6.07 Å². The van der Waals surface area contributed by atoms with Gasteiger partial charge in [-0.05, 0) is 0 Å². The van der Waals surface area contributed by atoms with Crippen molar-refractivity contribution in [2.45, 2.75) is 0 Å². The zero-order valence-corrected chi connectivity index (χ0v) is 5.70. The molecule has 0 rings (SSSR count). The van der Waals surface area contributed by atoms with Crippen molar-refractivity contribution in [3.05, 3.63) is 0 Å². The van der Waals surface area contributed by atoms with Gasteiger partial charge in [-0.2, -0.15) is 5.26 Å². The predicted octanol–water partition coefficient (Wildman–Crippen LogP) is 0.430. The molecule has 0 aromatic rings. The Morgan fingerprint density at radius 3 is 2.55 bits per heavy atom. The molecular formula is C5H5NO5. The van der Waals surface area contributed by atoms with E-state index in [2.05, 4.69) is 14.2 Å². The van der Waals surface area contributed by atoms with E-state index >= 15 is 0 Å². The third-order valence-corrected chi connectivity index (χ3v) is 0.588. The summed E-state index contributed by atoms with van der Waals surface area (Å²) in [5.74, 6) is 0. The highest BCUT2D eigenvalue weighted by Crippen LogP contribution is 1.87. The molecule has 60 valence electrons. The Balaban J connectivity index is 3.54. The van der Waals surface area contributed by atoms with Gasteiger partial charge in [0, 0.05) is 0 Å². The fourth-order valence-corrected chi connectivity index (χ4v) is 0.230. The van der Waals surface area contributed by atoms with Crippen LogP contribution in [-0.2, 0) is 14.2 Å². The summed E-state index contributed by atoms with van der Waals surface area (Å²) >= 11 is 0. The van der Waals surface area contributed by atoms with Crippen LogP contribution in [0.3, 0.4) is 0 Å². The molecule has 0 heterocycles. The van der Waals surface area contributed by atoms with Gasteiger partial charge in [0.25, 0.3) is 0 Å². The second-order valence-corrected chi connectivity index (χ2v) is 1.25. The Labute approximate surface area is 62.3 Å². The van der Waals surface area contributed by atoms with Crippen LogP contribution < -0.4 is 0 Å². The minimum atomic E-state index is -1.25. The lowest BCUT2D eigenvalue weighted by Gasteiger charge is -1.98. The smallest absolute Gasteiger partial charge is 0.437 e. The van der Waals surface area contributed by atoms with Gasteiger partial charge in [0.15, 0.2) is 6.61 Å². The van der Waals surface area contributed by atoms with Gasteiger partial charge in [-0.15, -0.1) is 0 Å². The molecular weight excluding hydrogens is 154 g/mol. The van der Waals surface area contributed by atoms with Crippen molar-refractivity contribution in [3.63, 3.8) is 0 Å². The average Bonchev–Trinajstić information content (AvgIpc) is 2.00. The number of carbonyl (C=O) groups is 2. The lowest BCUT2D eigenvalue weighted by Crippen LogP contribution is -2.13. The van der Waals surface area contributed by atoms with E-state index in [1.807, 2.05) is 0 Å². The largest absolute Gasteiger partial charge is 0.519 e. The summed E-state index contributed by atoms with van der Waals surface area (Å²) in [4.78, 5) is 20.4. The normalized spacial score (nSPS) is 7.64. The Hall–Kier alpha value is -1.77. The summed E-state index contributed by atoms with van der Waals surface area (Å²) in [6.45, 7) is -0.462. The molecule has 0 saturated heterocycles. The number of hydrogen-bond donors (Lipinski definition) is 0. The molecule has 0 aromatic carbocycles. The van der Waals surface area contributed by atoms with E-state index in [1.54, 1.807) is 0 Å². The van der Waals surface area contributed by atoms with Crippen molar-refractivity contribution in [1.29, 1.82) is 5.26 Å². The molecule has 0 N–H and O–H groups in total. The summed E-state index contributed by atoms with van der Waals surface area (Å²) < 4.78 is 11.8. The summed E-state index contributed by atoms with van der Waals surface area (Å²) in [6, 6.07) is 1.51. The van der Waals surface area contributed by atoms with Crippen LogP contribution in [0.2, 0.25) is 0 Å². The van der Waals surface area contributed by atoms with Crippen molar-refractivity contribution in [1.82, 2.24) is 0 Å². The molecule has 0 amide bonds. The lowest BCUT2D eigenvalue weighted by atomic mass is 10.8. The third-order valence-electron chi connectivity index (χ3n) is 0.588. The molecule has 6 heteroatoms. The van der Waals surface area contributed by atoms with Gasteiger partial charge in [0.2, 0.25) is 0 Å². The zero-order valence-electron chi connectivity index (χ0n) is 5.70. The van der Waals surface area contributed by atoms with E-state index in [1.165, 1.54) is 6.07 Å². The Morgan fingerprint density at radius 1 is 1.45 bits per heavy atom. The van der Waals surface area contributed by atoms with E-state index in [-0.39, 0.29) is 0 Å². The average molecular weight is 159 g/mol. The van der Waals surface area contributed by atoms with E-state index in [4.69, 9.17) is 5.26 Å². The Morgan fingerprint density at radius 2 is 2.09 bits per heavy atom. The number of ether oxygens (including phenoxy) is 3. The van der Waals surface area contributed by atoms with Gasteiger partial charge in [-0.25, -0.2) is 9.59 Å². The van der Waals surface area contributed by atoms with Crippen LogP contribution in [0.5, 0.6) is 0 Å². The number of rotatable bonds is 1. The van der Waals surface area contributed by atoms with Crippen LogP contribution in [0.1, 0.15) is 0 Å². The first-order valence-electron chi connectivity index (χ1n) is 2.50. The van der Waals surface area contributed by atoms with Crippen LogP contribution in [0.15, 0.2) is 0 Å². The Bertz CT molecular complexity index is 194. The minimum absolute atomic E-state index is 0.462. The van der Waals surface area contributed by atoms with Crippen LogP contribution in [0.4, 0.5) is 9.59 Å². The predicted molar refractivity (Wildman–Crippen MR) is 30.5 cm³/mol. The first-order chi connectivity index (χ1) is 5.20. The first kappa shape index (κ1) is 9.23. The number of hydrogen-bond acceptors (Lipinski definition) is 6. The van der Waals surface area contributed by atoms with Crippen LogP contribution >= 0.6 is 0 Å². The van der Waals surface area contributed by atoms with Crippen molar-refractivity contribution < 1.29 is 23.8 Å². The highest BCUT2D eigenvalue weighted by atomic mass is 16.8. The maximum absolute atomic E-state index is 10.3. The fraction of sp³-hybridized carbons (Fsp3) is 0.400. The highest BCUT2D eigenvalue weighted by molar-refractivity contribution is 5.76. The zero-order chi connectivity index (χ0) is 8.69. The molecule has 0 atom stereocenters. The summed E-state index contributed by atoms with van der Waals surface area (Å²) in [6.07, 6.45) is -2.42. The summed E-state index contributed by atoms with van der Waals surface area (Å²) in [7, 11) is 1.04. The molecule has 6 nitrogen and oxygen atoms in total. The van der Waals surface area contributed by atoms with Gasteiger partial charge < -0.3 is 14.2 Å². The molecule has 11 heavy (non-hydrogen) atoms. The maximum atomic E-state index is 10.3. The highest BCUT2D eigenvalue weighted by Gasteiger charge is 2.10. The van der Waals surface area contributed by atoms with Crippen molar-refractivity contribution in [2.75, 3.05) is 13.7 Å². The van der Waals surface area contributed by atoms with Crippen LogP contribution in [0.25, 0.3) is 0 Å². The number of methoxy groups -OCH3 is 1. The Kier molecular flexibility index (Phi) is 4.24. The number of carbonyl (C=O) groups excluding carboxylic acids is 2. The van der Waals surface area contributed by atoms with E-state index in [0.29, 0.717) is 0 Å². The van der Waals surface area contributed by atoms with E-state index in [0.717, 1.165) is 7.11 Å². The molecule has 0 unspecified atom stereocenters. The monoisotopic (exact) mass is 159 g/mol. The molecule has 0 aromatic heterocycles. The van der Waals surface area contributed by atoms with E-state index < -0.39 is 18.9 Å². The van der Waals surface area contributed by atoms with Gasteiger partial charge in [-0.1, -0.05) is 0 Å². The molecule has 0 aliphatic heterocycles. The number of nitriles is 1. The van der Waals surface area contributed by atoms with Crippen LogP contribution in [-0.4, -0.2) is 26.0 Å². The SMILES string of the molecule is COC(=O)OC(=O)OCC#N. The lowest BCUT2D eigenvalue weighted by molar-refractivity contribution is 0.0516. The van der Waals surface area contributed by atoms with Crippen molar-refractivity contribution in [2.24, 2.45) is 0 Å². The first-order valence-corrected chi connectivity index (χ1v) is 2.50. The molecule has 0 fully saturated rings. The van der Waals surface area contributed by atoms with E-state index in [9.17, 15) is 9.59 Å². The molecule has 0 aliphatic carbocycles.